The molecule has 0 atom stereocenters. The van der Waals surface area contributed by atoms with E-state index in [0.717, 1.165) is 11.1 Å². The lowest BCUT2D eigenvalue weighted by atomic mass is 10.1. The fourth-order valence-corrected chi connectivity index (χ4v) is 3.72. The van der Waals surface area contributed by atoms with Crippen LogP contribution >= 0.6 is 0 Å². The third kappa shape index (κ3) is 5.46. The zero-order valence-corrected chi connectivity index (χ0v) is 18.2. The molecule has 0 saturated carbocycles. The summed E-state index contributed by atoms with van der Waals surface area (Å²) in [6.07, 6.45) is -2.94. The van der Waals surface area contributed by atoms with E-state index >= 15 is 0 Å². The van der Waals surface area contributed by atoms with Gasteiger partial charge in [0, 0.05) is 22.7 Å². The number of alkyl halides is 3. The zero-order valence-electron chi connectivity index (χ0n) is 18.2. The molecule has 4 aromatic rings. The second-order valence-corrected chi connectivity index (χ2v) is 7.86. The Morgan fingerprint density at radius 3 is 2.38 bits per heavy atom. The van der Waals surface area contributed by atoms with E-state index in [4.69, 9.17) is 0 Å². The number of amides is 1. The maximum atomic E-state index is 13.0. The Labute approximate surface area is 193 Å². The second kappa shape index (κ2) is 9.43. The maximum absolute atomic E-state index is 13.0. The van der Waals surface area contributed by atoms with Crippen LogP contribution in [-0.4, -0.2) is 16.8 Å². The van der Waals surface area contributed by atoms with Crippen LogP contribution in [0.1, 0.15) is 16.7 Å². The van der Waals surface area contributed by atoms with Crippen LogP contribution in [0.3, 0.4) is 0 Å². The van der Waals surface area contributed by atoms with Crippen molar-refractivity contribution in [1.29, 1.82) is 0 Å². The first-order valence-electron chi connectivity index (χ1n) is 10.5. The number of fused-ring (bicyclic) bond motifs is 1. The number of rotatable bonds is 6. The minimum atomic E-state index is -4.76. The lowest BCUT2D eigenvalue weighted by molar-refractivity contribution is -0.274. The maximum Gasteiger partial charge on any atom is 0.573 e. The zero-order chi connectivity index (χ0) is 24.3. The Kier molecular flexibility index (Phi) is 6.40. The topological polar surface area (TPSA) is 60.3 Å². The average molecular weight is 466 g/mol. The number of pyridine rings is 1. The first-order valence-corrected chi connectivity index (χ1v) is 10.5. The lowest BCUT2D eigenvalue weighted by Crippen LogP contribution is -2.21. The molecule has 0 aliphatic carbocycles. The SMILES string of the molecule is Cc1ccccc1CC(=O)Nc1cccc2c(=O)n(Cc3ccc(OC(F)(F)F)cc3)ccc12. The van der Waals surface area contributed by atoms with E-state index < -0.39 is 6.36 Å². The van der Waals surface area contributed by atoms with Crippen molar-refractivity contribution in [3.63, 3.8) is 0 Å². The summed E-state index contributed by atoms with van der Waals surface area (Å²) in [7, 11) is 0. The number of aryl methyl sites for hydroxylation is 1. The average Bonchev–Trinajstić information content (AvgIpc) is 2.78. The van der Waals surface area contributed by atoms with Crippen molar-refractivity contribution in [2.24, 2.45) is 0 Å². The molecule has 0 saturated heterocycles. The Hall–Kier alpha value is -4.07. The van der Waals surface area contributed by atoms with Crippen LogP contribution < -0.4 is 15.6 Å². The van der Waals surface area contributed by atoms with E-state index in [1.807, 2.05) is 31.2 Å². The van der Waals surface area contributed by atoms with Crippen molar-refractivity contribution in [2.75, 3.05) is 5.32 Å². The molecule has 1 aromatic heterocycles. The van der Waals surface area contributed by atoms with Gasteiger partial charge in [-0.2, -0.15) is 0 Å². The van der Waals surface area contributed by atoms with E-state index in [1.165, 1.54) is 28.8 Å². The third-order valence-electron chi connectivity index (χ3n) is 5.41. The van der Waals surface area contributed by atoms with E-state index in [1.54, 1.807) is 30.5 Å². The first-order chi connectivity index (χ1) is 16.2. The van der Waals surface area contributed by atoms with Crippen LogP contribution in [0.2, 0.25) is 0 Å². The van der Waals surface area contributed by atoms with E-state index in [-0.39, 0.29) is 30.2 Å². The Balaban J connectivity index is 1.54. The molecule has 1 N–H and O–H groups in total. The predicted molar refractivity (Wildman–Crippen MR) is 124 cm³/mol. The summed E-state index contributed by atoms with van der Waals surface area (Å²) in [5.41, 5.74) is 2.85. The van der Waals surface area contributed by atoms with E-state index in [2.05, 4.69) is 10.1 Å². The van der Waals surface area contributed by atoms with Crippen LogP contribution in [0.25, 0.3) is 10.8 Å². The van der Waals surface area contributed by atoms with Gasteiger partial charge in [0.2, 0.25) is 5.91 Å². The molecule has 34 heavy (non-hydrogen) atoms. The molecule has 0 radical (unpaired) electrons. The van der Waals surface area contributed by atoms with Gasteiger partial charge in [-0.3, -0.25) is 9.59 Å². The minimum Gasteiger partial charge on any atom is -0.406 e. The molecule has 0 unspecified atom stereocenters. The standard InChI is InChI=1S/C26H21F3N2O3/c1-17-5-2-3-6-19(17)15-24(32)30-23-8-4-7-22-21(23)13-14-31(25(22)33)16-18-9-11-20(12-10-18)34-26(27,28)29/h2-14H,15-16H2,1H3,(H,30,32). The molecule has 0 bridgehead atoms. The number of carbonyl (C=O) groups excluding carboxylic acids is 1. The van der Waals surface area contributed by atoms with Crippen molar-refractivity contribution in [1.82, 2.24) is 4.57 Å². The number of ether oxygens (including phenoxy) is 1. The number of nitrogens with one attached hydrogen (secondary N) is 1. The van der Waals surface area contributed by atoms with E-state index in [9.17, 15) is 22.8 Å². The van der Waals surface area contributed by atoms with Gasteiger partial charge in [-0.25, -0.2) is 0 Å². The van der Waals surface area contributed by atoms with Crippen LogP contribution in [0.15, 0.2) is 83.8 Å². The number of benzene rings is 3. The number of hydrogen-bond acceptors (Lipinski definition) is 3. The number of hydrogen-bond donors (Lipinski definition) is 1. The third-order valence-corrected chi connectivity index (χ3v) is 5.41. The molecule has 1 heterocycles. The Morgan fingerprint density at radius 2 is 1.68 bits per heavy atom. The Morgan fingerprint density at radius 1 is 0.941 bits per heavy atom. The summed E-state index contributed by atoms with van der Waals surface area (Å²) in [6.45, 7) is 2.12. The summed E-state index contributed by atoms with van der Waals surface area (Å²) in [6, 6.07) is 19.8. The van der Waals surface area contributed by atoms with Crippen molar-refractivity contribution >= 4 is 22.4 Å². The molecular formula is C26H21F3N2O3. The molecule has 0 aliphatic heterocycles. The minimum absolute atomic E-state index is 0.172. The van der Waals surface area contributed by atoms with Gasteiger partial charge < -0.3 is 14.6 Å². The number of carbonyl (C=O) groups is 1. The van der Waals surface area contributed by atoms with Gasteiger partial charge >= 0.3 is 6.36 Å². The fourth-order valence-electron chi connectivity index (χ4n) is 3.72. The molecule has 0 spiro atoms. The second-order valence-electron chi connectivity index (χ2n) is 7.86. The molecule has 1 amide bonds. The van der Waals surface area contributed by atoms with Gasteiger partial charge in [0.05, 0.1) is 13.0 Å². The quantitative estimate of drug-likeness (QED) is 0.412. The van der Waals surface area contributed by atoms with E-state index in [0.29, 0.717) is 22.0 Å². The number of nitrogens with zero attached hydrogens (tertiary/aromatic N) is 1. The van der Waals surface area contributed by atoms with Crippen molar-refractivity contribution in [2.45, 2.75) is 26.3 Å². The molecule has 8 heteroatoms. The lowest BCUT2D eigenvalue weighted by Gasteiger charge is -2.12. The molecule has 0 aliphatic rings. The fraction of sp³-hybridized carbons (Fsp3) is 0.154. The summed E-state index contributed by atoms with van der Waals surface area (Å²) in [5, 5.41) is 3.92. The predicted octanol–water partition coefficient (Wildman–Crippen LogP) is 5.44. The number of anilines is 1. The number of aromatic nitrogens is 1. The first kappa shape index (κ1) is 23.1. The molecule has 3 aromatic carbocycles. The molecule has 0 fully saturated rings. The highest BCUT2D eigenvalue weighted by atomic mass is 19.4. The monoisotopic (exact) mass is 466 g/mol. The van der Waals surface area contributed by atoms with Crippen LogP contribution in [0.5, 0.6) is 5.75 Å². The normalized spacial score (nSPS) is 11.4. The molecular weight excluding hydrogens is 445 g/mol. The van der Waals surface area contributed by atoms with Crippen LogP contribution in [0.4, 0.5) is 18.9 Å². The summed E-state index contributed by atoms with van der Waals surface area (Å²) < 4.78 is 42.3. The highest BCUT2D eigenvalue weighted by molar-refractivity contribution is 6.02. The smallest absolute Gasteiger partial charge is 0.406 e. The molecule has 4 rings (SSSR count). The largest absolute Gasteiger partial charge is 0.573 e. The van der Waals surface area contributed by atoms with Crippen molar-refractivity contribution in [3.05, 3.63) is 106 Å². The van der Waals surface area contributed by atoms with Gasteiger partial charge in [0.25, 0.3) is 5.56 Å². The van der Waals surface area contributed by atoms with Crippen molar-refractivity contribution < 1.29 is 22.7 Å². The number of halogens is 3. The molecule has 5 nitrogen and oxygen atoms in total. The molecule has 174 valence electrons. The van der Waals surface area contributed by atoms with Gasteiger partial charge in [0.15, 0.2) is 0 Å². The van der Waals surface area contributed by atoms with Gasteiger partial charge in [-0.15, -0.1) is 13.2 Å². The van der Waals surface area contributed by atoms with Crippen LogP contribution in [0, 0.1) is 6.92 Å². The van der Waals surface area contributed by atoms with Crippen molar-refractivity contribution in [3.8, 4) is 5.75 Å². The highest BCUT2D eigenvalue weighted by Gasteiger charge is 2.30. The van der Waals surface area contributed by atoms with Crippen LogP contribution in [-0.2, 0) is 17.8 Å². The van der Waals surface area contributed by atoms with Gasteiger partial charge in [-0.05, 0) is 53.9 Å². The summed E-state index contributed by atoms with van der Waals surface area (Å²) in [4.78, 5) is 25.6. The Bertz CT molecular complexity index is 1390. The highest BCUT2D eigenvalue weighted by Crippen LogP contribution is 2.24. The van der Waals surface area contributed by atoms with Gasteiger partial charge in [-0.1, -0.05) is 42.5 Å². The summed E-state index contributed by atoms with van der Waals surface area (Å²) >= 11 is 0. The van der Waals surface area contributed by atoms with Gasteiger partial charge in [0.1, 0.15) is 5.75 Å². The summed E-state index contributed by atoms with van der Waals surface area (Å²) in [5.74, 6) is -0.514.